The molecule has 0 amide bonds. The van der Waals surface area contributed by atoms with Crippen LogP contribution in [-0.2, 0) is 9.53 Å². The smallest absolute Gasteiger partial charge is 0.146 e. The summed E-state index contributed by atoms with van der Waals surface area (Å²) in [6, 6.07) is 0. The minimum Gasteiger partial charge on any atom is -0.378 e. The van der Waals surface area contributed by atoms with Gasteiger partial charge in [0, 0.05) is 13.0 Å². The monoisotopic (exact) mass is 211 g/mol. The zero-order valence-corrected chi connectivity index (χ0v) is 9.41. The second kappa shape index (κ2) is 5.61. The Labute approximate surface area is 91.8 Å². The van der Waals surface area contributed by atoms with Crippen LogP contribution in [0.1, 0.15) is 38.5 Å². The van der Waals surface area contributed by atoms with Crippen LogP contribution in [-0.4, -0.2) is 43.0 Å². The van der Waals surface area contributed by atoms with Gasteiger partial charge in [-0.25, -0.2) is 0 Å². The Morgan fingerprint density at radius 2 is 2.33 bits per heavy atom. The number of carbonyl (C=O) groups excluding carboxylic acids is 1. The van der Waals surface area contributed by atoms with Crippen molar-refractivity contribution < 1.29 is 9.53 Å². The molecule has 0 aromatic rings. The highest BCUT2D eigenvalue weighted by Crippen LogP contribution is 2.17. The molecule has 0 aromatic heterocycles. The summed E-state index contributed by atoms with van der Waals surface area (Å²) in [5.74, 6) is 0.415. The fraction of sp³-hybridized carbons (Fsp3) is 0.917. The molecule has 86 valence electrons. The van der Waals surface area contributed by atoms with Gasteiger partial charge in [0.15, 0.2) is 0 Å². The summed E-state index contributed by atoms with van der Waals surface area (Å²) in [4.78, 5) is 13.5. The van der Waals surface area contributed by atoms with Gasteiger partial charge in [0.25, 0.3) is 0 Å². The van der Waals surface area contributed by atoms with E-state index in [0.717, 1.165) is 32.5 Å². The number of hydrogen-bond donors (Lipinski definition) is 0. The first kappa shape index (κ1) is 11.1. The summed E-state index contributed by atoms with van der Waals surface area (Å²) in [6.45, 7) is 3.82. The molecule has 0 aromatic carbocycles. The van der Waals surface area contributed by atoms with Crippen LogP contribution in [0.2, 0.25) is 0 Å². The third kappa shape index (κ3) is 3.58. The molecule has 0 radical (unpaired) electrons. The van der Waals surface area contributed by atoms with Gasteiger partial charge in [-0.2, -0.15) is 0 Å². The van der Waals surface area contributed by atoms with Gasteiger partial charge in [0.05, 0.1) is 12.6 Å². The van der Waals surface area contributed by atoms with Crippen molar-refractivity contribution in [3.8, 4) is 0 Å². The largest absolute Gasteiger partial charge is 0.378 e. The molecule has 2 rings (SSSR count). The molecule has 0 bridgehead atoms. The Morgan fingerprint density at radius 1 is 1.40 bits per heavy atom. The second-order valence-corrected chi connectivity index (χ2v) is 4.70. The number of hydrogen-bond acceptors (Lipinski definition) is 3. The molecule has 0 N–H and O–H groups in total. The first-order valence-electron chi connectivity index (χ1n) is 6.20. The summed E-state index contributed by atoms with van der Waals surface area (Å²) in [5.41, 5.74) is 0. The minimum absolute atomic E-state index is 0.415. The Kier molecular flexibility index (Phi) is 4.15. The highest BCUT2D eigenvalue weighted by atomic mass is 16.5. The Balaban J connectivity index is 1.58. The molecule has 15 heavy (non-hydrogen) atoms. The van der Waals surface area contributed by atoms with Crippen molar-refractivity contribution in [3.63, 3.8) is 0 Å². The van der Waals surface area contributed by atoms with E-state index in [0.29, 0.717) is 18.4 Å². The van der Waals surface area contributed by atoms with E-state index in [4.69, 9.17) is 4.74 Å². The van der Waals surface area contributed by atoms with Gasteiger partial charge in [0.2, 0.25) is 0 Å². The van der Waals surface area contributed by atoms with Gasteiger partial charge in [0.1, 0.15) is 5.78 Å². The van der Waals surface area contributed by atoms with Crippen molar-refractivity contribution in [2.45, 2.75) is 44.6 Å². The number of ketones is 1. The van der Waals surface area contributed by atoms with E-state index >= 15 is 0 Å². The van der Waals surface area contributed by atoms with Gasteiger partial charge >= 0.3 is 0 Å². The van der Waals surface area contributed by atoms with Gasteiger partial charge in [-0.05, 0) is 45.2 Å². The van der Waals surface area contributed by atoms with E-state index in [-0.39, 0.29) is 0 Å². The fourth-order valence-electron chi connectivity index (χ4n) is 2.51. The lowest BCUT2D eigenvalue weighted by atomic mass is 10.1. The number of carbonyl (C=O) groups is 1. The fourth-order valence-corrected chi connectivity index (χ4v) is 2.51. The molecule has 2 heterocycles. The van der Waals surface area contributed by atoms with Crippen molar-refractivity contribution in [2.24, 2.45) is 0 Å². The van der Waals surface area contributed by atoms with E-state index in [1.54, 1.807) is 0 Å². The summed E-state index contributed by atoms with van der Waals surface area (Å²) < 4.78 is 5.58. The van der Waals surface area contributed by atoms with Crippen LogP contribution >= 0.6 is 0 Å². The second-order valence-electron chi connectivity index (χ2n) is 4.70. The molecule has 0 spiro atoms. The van der Waals surface area contributed by atoms with Gasteiger partial charge in [-0.15, -0.1) is 0 Å². The maximum Gasteiger partial charge on any atom is 0.146 e. The lowest BCUT2D eigenvalue weighted by molar-refractivity contribution is -0.122. The molecule has 1 atom stereocenters. The van der Waals surface area contributed by atoms with E-state index < -0.39 is 0 Å². The van der Waals surface area contributed by atoms with Crippen LogP contribution in [0.3, 0.4) is 0 Å². The maximum absolute atomic E-state index is 11.2. The average molecular weight is 211 g/mol. The van der Waals surface area contributed by atoms with Crippen molar-refractivity contribution in [3.05, 3.63) is 0 Å². The van der Waals surface area contributed by atoms with Crippen LogP contribution in [0.25, 0.3) is 0 Å². The zero-order valence-electron chi connectivity index (χ0n) is 9.41. The number of likely N-dealkylation sites (tertiary alicyclic amines) is 1. The zero-order chi connectivity index (χ0) is 10.5. The topological polar surface area (TPSA) is 29.5 Å². The third-order valence-corrected chi connectivity index (χ3v) is 3.35. The molecule has 2 saturated heterocycles. The predicted molar refractivity (Wildman–Crippen MR) is 58.9 cm³/mol. The molecular weight excluding hydrogens is 190 g/mol. The van der Waals surface area contributed by atoms with E-state index in [2.05, 4.69) is 4.90 Å². The van der Waals surface area contributed by atoms with Crippen LogP contribution in [0.4, 0.5) is 0 Å². The van der Waals surface area contributed by atoms with E-state index in [1.165, 1.54) is 25.7 Å². The Morgan fingerprint density at radius 3 is 3.07 bits per heavy atom. The van der Waals surface area contributed by atoms with Crippen molar-refractivity contribution >= 4 is 5.78 Å². The Bertz CT molecular complexity index is 212. The van der Waals surface area contributed by atoms with Crippen molar-refractivity contribution in [1.29, 1.82) is 0 Å². The van der Waals surface area contributed by atoms with Gasteiger partial charge < -0.3 is 4.74 Å². The highest BCUT2D eigenvalue weighted by molar-refractivity contribution is 5.81. The van der Waals surface area contributed by atoms with Crippen LogP contribution in [0, 0.1) is 0 Å². The van der Waals surface area contributed by atoms with Crippen molar-refractivity contribution in [1.82, 2.24) is 4.90 Å². The first-order chi connectivity index (χ1) is 7.34. The number of ether oxygens (including phenoxy) is 1. The summed E-state index contributed by atoms with van der Waals surface area (Å²) >= 11 is 0. The normalized spacial score (nSPS) is 28.5. The maximum atomic E-state index is 11.2. The Hall–Kier alpha value is -0.410. The summed E-state index contributed by atoms with van der Waals surface area (Å²) in [6.07, 6.45) is 7.17. The average Bonchev–Trinajstić information content (AvgIpc) is 2.71. The summed E-state index contributed by atoms with van der Waals surface area (Å²) in [7, 11) is 0. The van der Waals surface area contributed by atoms with Crippen LogP contribution in [0.15, 0.2) is 0 Å². The van der Waals surface area contributed by atoms with Crippen LogP contribution in [0.5, 0.6) is 0 Å². The lowest BCUT2D eigenvalue weighted by Gasteiger charge is -2.25. The number of Topliss-reactive ketones (excluding diaryl/α,β-unsaturated/α-hetero) is 1. The van der Waals surface area contributed by atoms with E-state index in [1.807, 2.05) is 0 Å². The molecule has 2 aliphatic heterocycles. The highest BCUT2D eigenvalue weighted by Gasteiger charge is 2.18. The number of piperidine rings is 1. The minimum atomic E-state index is 0.415. The molecule has 0 aliphatic carbocycles. The first-order valence-corrected chi connectivity index (χ1v) is 6.20. The number of nitrogens with zero attached hydrogens (tertiary/aromatic N) is 1. The molecule has 2 aliphatic rings. The lowest BCUT2D eigenvalue weighted by Crippen LogP contribution is -2.36. The molecule has 1 unspecified atom stereocenters. The van der Waals surface area contributed by atoms with E-state index in [9.17, 15) is 4.79 Å². The molecular formula is C12H21NO2. The van der Waals surface area contributed by atoms with Crippen LogP contribution < -0.4 is 0 Å². The molecule has 3 nitrogen and oxygen atoms in total. The van der Waals surface area contributed by atoms with Gasteiger partial charge in [-0.1, -0.05) is 0 Å². The SMILES string of the molecule is O=C1CCCN(CCCC2CCCO2)C1. The quantitative estimate of drug-likeness (QED) is 0.707. The molecule has 0 saturated carbocycles. The number of rotatable bonds is 4. The standard InChI is InChI=1S/C12H21NO2/c14-11-4-1-7-13(10-11)8-2-5-12-6-3-9-15-12/h12H,1-10H2. The predicted octanol–water partition coefficient (Wildman–Crippen LogP) is 1.61. The van der Waals surface area contributed by atoms with Crippen molar-refractivity contribution in [2.75, 3.05) is 26.2 Å². The summed E-state index contributed by atoms with van der Waals surface area (Å²) in [5, 5.41) is 0. The molecule has 2 fully saturated rings. The van der Waals surface area contributed by atoms with Gasteiger partial charge in [-0.3, -0.25) is 9.69 Å². The molecule has 3 heteroatoms. The third-order valence-electron chi connectivity index (χ3n) is 3.35.